The number of ether oxygens (including phenoxy) is 1. The standard InChI is InChI=1S/C30H44O2/c1-18(2)19(3)8-9-20(4)28-12-13-29-27-16-21(5)26-17-23(32-22(6)31)10-11-24(26)25(27)14-15-30(28,29)7/h8-9,16,18-20,23,28-29H,10-15,17H2,1-7H3/b9-8+/t19-,20+,23-,28+,29-,30+/m0/s1. The number of aryl methyl sites for hydroxylation is 1. The molecule has 0 aliphatic heterocycles. The third-order valence-corrected chi connectivity index (χ3v) is 9.51. The number of fused-ring (bicyclic) bond motifs is 5. The lowest BCUT2D eigenvalue weighted by Crippen LogP contribution is -2.36. The van der Waals surface area contributed by atoms with Crippen molar-refractivity contribution in [2.24, 2.45) is 29.1 Å². The van der Waals surface area contributed by atoms with Crippen LogP contribution in [0.1, 0.15) is 101 Å². The molecule has 0 radical (unpaired) electrons. The molecule has 32 heavy (non-hydrogen) atoms. The van der Waals surface area contributed by atoms with E-state index in [-0.39, 0.29) is 12.1 Å². The molecular weight excluding hydrogens is 392 g/mol. The van der Waals surface area contributed by atoms with Crippen LogP contribution in [0.5, 0.6) is 0 Å². The zero-order valence-electron chi connectivity index (χ0n) is 21.5. The van der Waals surface area contributed by atoms with Gasteiger partial charge in [0.2, 0.25) is 0 Å². The Morgan fingerprint density at radius 3 is 2.50 bits per heavy atom. The van der Waals surface area contributed by atoms with Crippen molar-refractivity contribution in [1.82, 2.24) is 0 Å². The van der Waals surface area contributed by atoms with E-state index in [2.05, 4.69) is 59.8 Å². The molecule has 6 atom stereocenters. The van der Waals surface area contributed by atoms with Gasteiger partial charge in [-0.05, 0) is 108 Å². The van der Waals surface area contributed by atoms with E-state index in [4.69, 9.17) is 4.74 Å². The average Bonchev–Trinajstić information content (AvgIpc) is 3.09. The maximum Gasteiger partial charge on any atom is 0.302 e. The molecule has 1 fully saturated rings. The molecule has 1 aromatic carbocycles. The summed E-state index contributed by atoms with van der Waals surface area (Å²) >= 11 is 0. The van der Waals surface area contributed by atoms with Gasteiger partial charge in [-0.3, -0.25) is 4.79 Å². The Morgan fingerprint density at radius 2 is 1.81 bits per heavy atom. The van der Waals surface area contributed by atoms with Crippen LogP contribution in [0.2, 0.25) is 0 Å². The zero-order valence-corrected chi connectivity index (χ0v) is 21.5. The van der Waals surface area contributed by atoms with Crippen molar-refractivity contribution >= 4 is 5.97 Å². The molecule has 0 heterocycles. The number of benzene rings is 1. The van der Waals surface area contributed by atoms with E-state index in [0.29, 0.717) is 29.1 Å². The molecule has 0 bridgehead atoms. The first-order chi connectivity index (χ1) is 15.1. The van der Waals surface area contributed by atoms with Crippen molar-refractivity contribution in [3.8, 4) is 0 Å². The van der Waals surface area contributed by atoms with Crippen LogP contribution in [0.25, 0.3) is 0 Å². The highest BCUT2D eigenvalue weighted by atomic mass is 16.5. The molecule has 0 N–H and O–H groups in total. The summed E-state index contributed by atoms with van der Waals surface area (Å²) in [6.45, 7) is 15.9. The molecule has 0 unspecified atom stereocenters. The number of allylic oxidation sites excluding steroid dienone is 2. The molecule has 0 aromatic heterocycles. The number of carbonyl (C=O) groups is 1. The first-order valence-electron chi connectivity index (χ1n) is 13.1. The molecule has 176 valence electrons. The van der Waals surface area contributed by atoms with Gasteiger partial charge in [-0.1, -0.05) is 52.8 Å². The number of carbonyl (C=O) groups excluding carboxylic acids is 1. The van der Waals surface area contributed by atoms with Crippen LogP contribution < -0.4 is 0 Å². The van der Waals surface area contributed by atoms with Crippen molar-refractivity contribution in [2.75, 3.05) is 0 Å². The first kappa shape index (κ1) is 23.6. The van der Waals surface area contributed by atoms with E-state index >= 15 is 0 Å². The second kappa shape index (κ2) is 8.99. The Morgan fingerprint density at radius 1 is 1.06 bits per heavy atom. The molecule has 3 aliphatic rings. The third-order valence-electron chi connectivity index (χ3n) is 9.51. The number of hydrogen-bond acceptors (Lipinski definition) is 2. The summed E-state index contributed by atoms with van der Waals surface area (Å²) in [5, 5.41) is 0. The van der Waals surface area contributed by atoms with Gasteiger partial charge < -0.3 is 4.74 Å². The minimum absolute atomic E-state index is 0.0577. The van der Waals surface area contributed by atoms with E-state index < -0.39 is 0 Å². The molecule has 4 rings (SSSR count). The monoisotopic (exact) mass is 436 g/mol. The maximum atomic E-state index is 11.5. The summed E-state index contributed by atoms with van der Waals surface area (Å²) in [5.41, 5.74) is 8.22. The number of esters is 1. The van der Waals surface area contributed by atoms with Crippen molar-refractivity contribution in [3.63, 3.8) is 0 Å². The van der Waals surface area contributed by atoms with Crippen LogP contribution in [0.4, 0.5) is 0 Å². The van der Waals surface area contributed by atoms with E-state index in [1.165, 1.54) is 43.7 Å². The van der Waals surface area contributed by atoms with Crippen molar-refractivity contribution in [2.45, 2.75) is 105 Å². The Balaban J connectivity index is 1.59. The molecule has 2 heteroatoms. The Labute approximate surface area is 196 Å². The molecule has 0 amide bonds. The summed E-state index contributed by atoms with van der Waals surface area (Å²) in [5.74, 6) is 3.34. The van der Waals surface area contributed by atoms with Gasteiger partial charge in [0.1, 0.15) is 6.10 Å². The summed E-state index contributed by atoms with van der Waals surface area (Å²) in [4.78, 5) is 11.5. The smallest absolute Gasteiger partial charge is 0.302 e. The minimum Gasteiger partial charge on any atom is -0.462 e. The number of rotatable bonds is 5. The second-order valence-electron chi connectivity index (χ2n) is 11.8. The maximum absolute atomic E-state index is 11.5. The molecule has 1 aromatic rings. The zero-order chi connectivity index (χ0) is 23.2. The lowest BCUT2D eigenvalue weighted by molar-refractivity contribution is -0.146. The molecule has 0 saturated heterocycles. The SMILES string of the molecule is CC(=O)O[C@H]1CCc2c(c(C)cc3c2CC[C@]2(C)[C@@H]([C@H](C)/C=C/[C@H](C)C(C)C)CC[C@@H]32)C1. The predicted octanol–water partition coefficient (Wildman–Crippen LogP) is 7.35. The minimum atomic E-state index is -0.146. The van der Waals surface area contributed by atoms with E-state index in [9.17, 15) is 4.79 Å². The van der Waals surface area contributed by atoms with Crippen molar-refractivity contribution in [1.29, 1.82) is 0 Å². The Hall–Kier alpha value is -1.57. The van der Waals surface area contributed by atoms with Gasteiger partial charge in [0.25, 0.3) is 0 Å². The molecule has 2 nitrogen and oxygen atoms in total. The van der Waals surface area contributed by atoms with Crippen LogP contribution in [0.15, 0.2) is 18.2 Å². The molecule has 0 spiro atoms. The highest BCUT2D eigenvalue weighted by molar-refractivity contribution is 5.66. The van der Waals surface area contributed by atoms with Crippen LogP contribution >= 0.6 is 0 Å². The van der Waals surface area contributed by atoms with Gasteiger partial charge in [-0.15, -0.1) is 0 Å². The molecular formula is C30H44O2. The van der Waals surface area contributed by atoms with Crippen LogP contribution in [0.3, 0.4) is 0 Å². The highest BCUT2D eigenvalue weighted by Gasteiger charge is 2.51. The second-order valence-corrected chi connectivity index (χ2v) is 11.8. The summed E-state index contributed by atoms with van der Waals surface area (Å²) in [7, 11) is 0. The van der Waals surface area contributed by atoms with Gasteiger partial charge in [0.15, 0.2) is 0 Å². The fourth-order valence-electron chi connectivity index (χ4n) is 7.26. The lowest BCUT2D eigenvalue weighted by atomic mass is 9.60. The van der Waals surface area contributed by atoms with Crippen LogP contribution in [-0.2, 0) is 28.8 Å². The topological polar surface area (TPSA) is 26.3 Å². The van der Waals surface area contributed by atoms with Gasteiger partial charge in [0.05, 0.1) is 0 Å². The summed E-state index contributed by atoms with van der Waals surface area (Å²) in [6, 6.07) is 2.52. The van der Waals surface area contributed by atoms with Crippen molar-refractivity contribution in [3.05, 3.63) is 46.0 Å². The van der Waals surface area contributed by atoms with Gasteiger partial charge in [-0.25, -0.2) is 0 Å². The quantitative estimate of drug-likeness (QED) is 0.356. The largest absolute Gasteiger partial charge is 0.462 e. The third kappa shape index (κ3) is 4.19. The van der Waals surface area contributed by atoms with E-state index in [1.807, 2.05) is 0 Å². The predicted molar refractivity (Wildman–Crippen MR) is 133 cm³/mol. The highest BCUT2D eigenvalue weighted by Crippen LogP contribution is 2.61. The van der Waals surface area contributed by atoms with E-state index in [0.717, 1.165) is 25.2 Å². The summed E-state index contributed by atoms with van der Waals surface area (Å²) < 4.78 is 5.58. The number of hydrogen-bond donors (Lipinski definition) is 0. The fourth-order valence-corrected chi connectivity index (χ4v) is 7.26. The van der Waals surface area contributed by atoms with Gasteiger partial charge in [-0.2, -0.15) is 0 Å². The van der Waals surface area contributed by atoms with Gasteiger partial charge in [0, 0.05) is 13.3 Å². The Kier molecular flexibility index (Phi) is 6.63. The summed E-state index contributed by atoms with van der Waals surface area (Å²) in [6.07, 6.45) is 13.2. The van der Waals surface area contributed by atoms with Crippen LogP contribution in [-0.4, -0.2) is 12.1 Å². The van der Waals surface area contributed by atoms with Crippen molar-refractivity contribution < 1.29 is 9.53 Å². The molecule has 3 aliphatic carbocycles. The van der Waals surface area contributed by atoms with E-state index in [1.54, 1.807) is 16.7 Å². The fraction of sp³-hybridized carbons (Fsp3) is 0.700. The van der Waals surface area contributed by atoms with Crippen LogP contribution in [0, 0.1) is 36.0 Å². The van der Waals surface area contributed by atoms with Gasteiger partial charge >= 0.3 is 5.97 Å². The normalized spacial score (nSPS) is 31.2. The lowest BCUT2D eigenvalue weighted by Gasteiger charge is -2.45. The first-order valence-corrected chi connectivity index (χ1v) is 13.1. The molecule has 1 saturated carbocycles. The average molecular weight is 437 g/mol. The Bertz CT molecular complexity index is 895.